The van der Waals surface area contributed by atoms with Crippen LogP contribution < -0.4 is 10.1 Å². The number of carbonyl (C=O) groups is 1. The molecule has 0 amide bonds. The second-order valence-electron chi connectivity index (χ2n) is 12.7. The van der Waals surface area contributed by atoms with E-state index in [1.807, 2.05) is 6.92 Å². The Balaban J connectivity index is 1.35. The van der Waals surface area contributed by atoms with Gasteiger partial charge in [0.2, 0.25) is 15.9 Å². The molecule has 1 aliphatic heterocycles. The quantitative estimate of drug-likeness (QED) is 0.349. The van der Waals surface area contributed by atoms with Crippen molar-refractivity contribution in [2.24, 2.45) is 5.41 Å². The number of rotatable bonds is 11. The molecule has 1 N–H and O–H groups in total. The molecule has 3 fully saturated rings. The number of hydrogen-bond donors (Lipinski definition) is 1. The zero-order valence-electron chi connectivity index (χ0n) is 23.7. The third-order valence-electron chi connectivity index (χ3n) is 8.22. The molecule has 0 bridgehead atoms. The number of esters is 1. The van der Waals surface area contributed by atoms with Crippen LogP contribution >= 0.6 is 0 Å². The van der Waals surface area contributed by atoms with Crippen LogP contribution in [0.5, 0.6) is 5.75 Å². The van der Waals surface area contributed by atoms with E-state index in [1.165, 1.54) is 4.31 Å². The number of nitrogens with zero attached hydrogens (tertiary/aromatic N) is 1. The predicted molar refractivity (Wildman–Crippen MR) is 146 cm³/mol. The summed E-state index contributed by atoms with van der Waals surface area (Å²) in [6, 6.07) is 4.36. The third-order valence-corrected chi connectivity index (χ3v) is 10.2. The molecule has 1 saturated heterocycles. The summed E-state index contributed by atoms with van der Waals surface area (Å²) in [7, 11) is -3.98. The summed E-state index contributed by atoms with van der Waals surface area (Å²) in [6.07, 6.45) is 5.89. The Kier molecular flexibility index (Phi) is 8.98. The fourth-order valence-electron chi connectivity index (χ4n) is 5.67. The first-order valence-electron chi connectivity index (χ1n) is 14.3. The third kappa shape index (κ3) is 7.91. The molecule has 2 aliphatic carbocycles. The van der Waals surface area contributed by atoms with E-state index in [-0.39, 0.29) is 35.7 Å². The Hall–Kier alpha value is -1.78. The van der Waals surface area contributed by atoms with Crippen LogP contribution in [0.15, 0.2) is 23.1 Å². The zero-order valence-corrected chi connectivity index (χ0v) is 24.5. The van der Waals surface area contributed by atoms with Crippen molar-refractivity contribution in [1.29, 1.82) is 0 Å². The Morgan fingerprint density at radius 2 is 1.79 bits per heavy atom. The maximum Gasteiger partial charge on any atom is 0.324 e. The molecule has 2 saturated carbocycles. The molecule has 220 valence electrons. The van der Waals surface area contributed by atoms with Gasteiger partial charge >= 0.3 is 5.97 Å². The minimum atomic E-state index is -3.98. The van der Waals surface area contributed by atoms with Crippen molar-refractivity contribution in [3.63, 3.8) is 0 Å². The molecule has 0 spiro atoms. The molecule has 3 aliphatic rings. The highest BCUT2D eigenvalue weighted by molar-refractivity contribution is 7.89. The van der Waals surface area contributed by atoms with E-state index in [2.05, 4.69) is 5.32 Å². The van der Waals surface area contributed by atoms with Gasteiger partial charge in [-0.25, -0.2) is 17.2 Å². The van der Waals surface area contributed by atoms with Crippen LogP contribution in [0.4, 0.5) is 8.78 Å². The highest BCUT2D eigenvalue weighted by Gasteiger charge is 2.44. The summed E-state index contributed by atoms with van der Waals surface area (Å²) in [5.74, 6) is -2.73. The Labute approximate surface area is 232 Å². The van der Waals surface area contributed by atoms with Crippen molar-refractivity contribution in [1.82, 2.24) is 9.62 Å². The van der Waals surface area contributed by atoms with Gasteiger partial charge in [0.15, 0.2) is 0 Å². The summed E-state index contributed by atoms with van der Waals surface area (Å²) in [5, 5.41) is 3.46. The van der Waals surface area contributed by atoms with Gasteiger partial charge in [-0.15, -0.1) is 0 Å². The Morgan fingerprint density at radius 3 is 2.44 bits per heavy atom. The number of alkyl halides is 2. The number of benzene rings is 1. The van der Waals surface area contributed by atoms with Gasteiger partial charge in [-0.1, -0.05) is 6.07 Å². The van der Waals surface area contributed by atoms with E-state index >= 15 is 0 Å². The Bertz CT molecular complexity index is 1120. The van der Waals surface area contributed by atoms with Crippen molar-refractivity contribution in [3.05, 3.63) is 23.8 Å². The summed E-state index contributed by atoms with van der Waals surface area (Å²) in [5.41, 5.74) is 0.343. The first-order chi connectivity index (χ1) is 18.2. The predicted octanol–water partition coefficient (Wildman–Crippen LogP) is 5.60. The number of hydrogen-bond acceptors (Lipinski definition) is 6. The van der Waals surface area contributed by atoms with E-state index in [0.29, 0.717) is 38.0 Å². The van der Waals surface area contributed by atoms with Gasteiger partial charge in [0, 0.05) is 25.4 Å². The number of halogens is 2. The number of sulfonamides is 1. The van der Waals surface area contributed by atoms with Crippen LogP contribution in [-0.4, -0.2) is 62.0 Å². The second kappa shape index (κ2) is 11.6. The van der Waals surface area contributed by atoms with Crippen LogP contribution in [0.25, 0.3) is 0 Å². The first-order valence-corrected chi connectivity index (χ1v) is 15.7. The number of nitrogens with one attached hydrogen (secondary N) is 1. The topological polar surface area (TPSA) is 84.9 Å². The molecule has 1 heterocycles. The molecule has 1 aromatic rings. The van der Waals surface area contributed by atoms with Crippen molar-refractivity contribution < 1.29 is 31.5 Å². The lowest BCUT2D eigenvalue weighted by molar-refractivity contribution is -0.158. The highest BCUT2D eigenvalue weighted by atomic mass is 32.2. The first kappa shape index (κ1) is 30.2. The van der Waals surface area contributed by atoms with Gasteiger partial charge in [0.25, 0.3) is 0 Å². The van der Waals surface area contributed by atoms with Crippen LogP contribution in [0, 0.1) is 12.3 Å². The van der Waals surface area contributed by atoms with Crippen molar-refractivity contribution in [2.45, 2.75) is 120 Å². The molecule has 1 aromatic carbocycles. The fraction of sp³-hybridized carbons (Fsp3) is 0.759. The van der Waals surface area contributed by atoms with E-state index < -0.39 is 33.6 Å². The summed E-state index contributed by atoms with van der Waals surface area (Å²) in [4.78, 5) is 12.9. The van der Waals surface area contributed by atoms with Crippen molar-refractivity contribution >= 4 is 16.0 Å². The maximum atomic E-state index is 13.7. The Morgan fingerprint density at radius 1 is 1.10 bits per heavy atom. The van der Waals surface area contributed by atoms with Crippen LogP contribution in [-0.2, 0) is 19.6 Å². The largest absolute Gasteiger partial charge is 0.492 e. The van der Waals surface area contributed by atoms with Gasteiger partial charge < -0.3 is 14.8 Å². The molecule has 0 unspecified atom stereocenters. The van der Waals surface area contributed by atoms with E-state index in [1.54, 1.807) is 39.0 Å². The number of ether oxygens (including phenoxy) is 2. The second-order valence-corrected chi connectivity index (χ2v) is 14.5. The highest BCUT2D eigenvalue weighted by Crippen LogP contribution is 2.51. The van der Waals surface area contributed by atoms with E-state index in [4.69, 9.17) is 9.47 Å². The van der Waals surface area contributed by atoms with Crippen LogP contribution in [0.1, 0.15) is 90.5 Å². The fourth-order valence-corrected chi connectivity index (χ4v) is 7.43. The zero-order chi connectivity index (χ0) is 28.5. The van der Waals surface area contributed by atoms with Crippen molar-refractivity contribution in [2.75, 3.05) is 19.7 Å². The minimum Gasteiger partial charge on any atom is -0.492 e. The van der Waals surface area contributed by atoms with Crippen LogP contribution in [0.2, 0.25) is 0 Å². The standard InChI is InChI=1S/C29H44F2N2O5S/c1-21-7-8-25(39(35,36)33-18-5-6-23(33)26(34)38-27(2,3)4)24(20-21)37-19-16-28(13-14-28)15-17-32-22-9-11-29(30,31)12-10-22/h7-8,20,22-23,32H,5-6,9-19H2,1-4H3/t23-/m0/s1. The number of carbonyl (C=O) groups excluding carboxylic acids is 1. The van der Waals surface area contributed by atoms with Gasteiger partial charge in [-0.2, -0.15) is 4.31 Å². The van der Waals surface area contributed by atoms with Gasteiger partial charge in [-0.3, -0.25) is 4.79 Å². The average Bonchev–Trinajstić information content (AvgIpc) is 3.39. The van der Waals surface area contributed by atoms with E-state index in [0.717, 1.165) is 37.8 Å². The number of aryl methyl sites for hydroxylation is 1. The molecule has 1 atom stereocenters. The lowest BCUT2D eigenvalue weighted by Gasteiger charge is -2.29. The van der Waals surface area contributed by atoms with E-state index in [9.17, 15) is 22.0 Å². The van der Waals surface area contributed by atoms with Crippen molar-refractivity contribution in [3.8, 4) is 5.75 Å². The molecule has 7 nitrogen and oxygen atoms in total. The average molecular weight is 571 g/mol. The molecule has 10 heteroatoms. The summed E-state index contributed by atoms with van der Waals surface area (Å²) >= 11 is 0. The SMILES string of the molecule is Cc1ccc(S(=O)(=O)N2CCC[C@H]2C(=O)OC(C)(C)C)c(OCCC2(CCNC3CCC(F)(F)CC3)CC2)c1. The lowest BCUT2D eigenvalue weighted by Crippen LogP contribution is -2.43. The monoisotopic (exact) mass is 570 g/mol. The molecule has 0 aromatic heterocycles. The molecule has 0 radical (unpaired) electrons. The molecular weight excluding hydrogens is 526 g/mol. The molecular formula is C29H44F2N2O5S. The van der Waals surface area contributed by atoms with Gasteiger partial charge in [0.1, 0.15) is 22.3 Å². The van der Waals surface area contributed by atoms with Gasteiger partial charge in [-0.05, 0) is 109 Å². The molecule has 4 rings (SSSR count). The van der Waals surface area contributed by atoms with Crippen LogP contribution in [0.3, 0.4) is 0 Å². The minimum absolute atomic E-state index is 0.0403. The van der Waals surface area contributed by atoms with Gasteiger partial charge in [0.05, 0.1) is 6.61 Å². The lowest BCUT2D eigenvalue weighted by atomic mass is 9.91. The molecule has 39 heavy (non-hydrogen) atoms. The normalized spacial score (nSPS) is 23.5. The maximum absolute atomic E-state index is 13.7. The summed E-state index contributed by atoms with van der Waals surface area (Å²) < 4.78 is 67.2. The smallest absolute Gasteiger partial charge is 0.324 e. The summed E-state index contributed by atoms with van der Waals surface area (Å²) in [6.45, 7) is 8.63.